The lowest BCUT2D eigenvalue weighted by Crippen LogP contribution is -2.10. The van der Waals surface area contributed by atoms with E-state index in [4.69, 9.17) is 23.2 Å². The molecule has 0 atom stereocenters. The predicted octanol–water partition coefficient (Wildman–Crippen LogP) is 12.5. The van der Waals surface area contributed by atoms with Crippen molar-refractivity contribution in [1.29, 1.82) is 0 Å². The Morgan fingerprint density at radius 3 is 1.12 bits per heavy atom. The molecule has 7 heteroatoms. The molecule has 0 spiro atoms. The van der Waals surface area contributed by atoms with E-state index in [1.54, 1.807) is 0 Å². The molecule has 0 aliphatic heterocycles. The van der Waals surface area contributed by atoms with Crippen LogP contribution < -0.4 is 0 Å². The molecule has 0 bridgehead atoms. The van der Waals surface area contributed by atoms with Crippen LogP contribution in [0.15, 0.2) is 130 Å². The number of benzene rings is 6. The average molecular weight is 827 g/mol. The van der Waals surface area contributed by atoms with E-state index in [1.807, 2.05) is 72.8 Å². The number of ketones is 1. The molecule has 0 fully saturated rings. The van der Waals surface area contributed by atoms with Crippen molar-refractivity contribution in [1.82, 2.24) is 9.80 Å². The van der Waals surface area contributed by atoms with Gasteiger partial charge in [0.2, 0.25) is 0 Å². The van der Waals surface area contributed by atoms with Gasteiger partial charge >= 0.3 is 0 Å². The van der Waals surface area contributed by atoms with Crippen LogP contribution in [0.1, 0.15) is 27.0 Å². The van der Waals surface area contributed by atoms with Crippen LogP contribution in [0.2, 0.25) is 10.0 Å². The maximum absolute atomic E-state index is 14.9. The molecule has 0 saturated carbocycles. The number of rotatable bonds is 10. The second kappa shape index (κ2) is 15.8. The highest BCUT2D eigenvalue weighted by molar-refractivity contribution is 9.10. The molecule has 252 valence electrons. The molecule has 6 rings (SSSR count). The van der Waals surface area contributed by atoms with Crippen LogP contribution in [0.25, 0.3) is 44.5 Å². The van der Waals surface area contributed by atoms with Crippen LogP contribution in [0.5, 0.6) is 0 Å². The summed E-state index contributed by atoms with van der Waals surface area (Å²) in [6.45, 7) is 1.69. The lowest BCUT2D eigenvalue weighted by molar-refractivity contribution is 0.104. The van der Waals surface area contributed by atoms with Crippen molar-refractivity contribution in [2.45, 2.75) is 13.1 Å². The Hall–Kier alpha value is -3.55. The number of halogens is 4. The molecule has 0 unspecified atom stereocenters. The second-order valence-electron chi connectivity index (χ2n) is 12.9. The Bertz CT molecular complexity index is 1990. The number of hydrogen-bond donors (Lipinski definition) is 0. The Morgan fingerprint density at radius 1 is 0.480 bits per heavy atom. The highest BCUT2D eigenvalue weighted by Crippen LogP contribution is 2.44. The standard InChI is InChI=1S/C43H36Br2Cl2N2O/c1-48(2)25-27-5-9-29(10-6-27)35-21-23-37(39(41(35)46)31-13-17-33(44)18-14-31)43(50)38-24-22-36(30-11-7-28(8-12-30)26-49(3)4)42(47)40(38)32-15-19-34(45)20-16-32/h5-24H,25-26H2,1-4H3. The minimum absolute atomic E-state index is 0.162. The van der Waals surface area contributed by atoms with Gasteiger partial charge in [-0.2, -0.15) is 0 Å². The topological polar surface area (TPSA) is 23.6 Å². The number of carbonyl (C=O) groups is 1. The number of hydrogen-bond acceptors (Lipinski definition) is 3. The molecule has 0 amide bonds. The van der Waals surface area contributed by atoms with E-state index in [9.17, 15) is 4.79 Å². The van der Waals surface area contributed by atoms with E-state index in [1.165, 1.54) is 11.1 Å². The fourth-order valence-electron chi connectivity index (χ4n) is 6.23. The molecule has 0 aliphatic carbocycles. The van der Waals surface area contributed by atoms with Gasteiger partial charge in [-0.15, -0.1) is 0 Å². The lowest BCUT2D eigenvalue weighted by Gasteiger charge is -2.19. The van der Waals surface area contributed by atoms with Gasteiger partial charge in [-0.25, -0.2) is 0 Å². The molecule has 0 heterocycles. The van der Waals surface area contributed by atoms with Gasteiger partial charge in [0.25, 0.3) is 0 Å². The van der Waals surface area contributed by atoms with Crippen molar-refractivity contribution in [2.24, 2.45) is 0 Å². The number of carbonyl (C=O) groups excluding carboxylic acids is 1. The van der Waals surface area contributed by atoms with E-state index >= 15 is 0 Å². The molecule has 50 heavy (non-hydrogen) atoms. The highest BCUT2D eigenvalue weighted by atomic mass is 79.9. The average Bonchev–Trinajstić information content (AvgIpc) is 3.09. The molecule has 0 radical (unpaired) electrons. The minimum atomic E-state index is -0.162. The third-order valence-corrected chi connectivity index (χ3v) is 10.4. The summed E-state index contributed by atoms with van der Waals surface area (Å²) in [6, 6.07) is 40.3. The van der Waals surface area contributed by atoms with Gasteiger partial charge < -0.3 is 9.80 Å². The molecular formula is C43H36Br2Cl2N2O. The van der Waals surface area contributed by atoms with E-state index in [2.05, 4.69) is 118 Å². The Kier molecular flexibility index (Phi) is 11.4. The zero-order valence-corrected chi connectivity index (χ0v) is 33.0. The largest absolute Gasteiger partial charge is 0.305 e. The highest BCUT2D eigenvalue weighted by Gasteiger charge is 2.25. The van der Waals surface area contributed by atoms with E-state index in [0.717, 1.165) is 55.4 Å². The van der Waals surface area contributed by atoms with Gasteiger partial charge in [0.15, 0.2) is 5.78 Å². The fraction of sp³-hybridized carbons (Fsp3) is 0.140. The SMILES string of the molecule is CN(C)Cc1ccc(-c2ccc(C(=O)c3ccc(-c4ccc(CN(C)C)cc4)c(Cl)c3-c3ccc(Br)cc3)c(-c3ccc(Br)cc3)c2Cl)cc1. The van der Waals surface area contributed by atoms with Crippen molar-refractivity contribution in [3.8, 4) is 44.5 Å². The minimum Gasteiger partial charge on any atom is -0.305 e. The van der Waals surface area contributed by atoms with Crippen molar-refractivity contribution in [3.05, 3.63) is 163 Å². The lowest BCUT2D eigenvalue weighted by atomic mass is 9.86. The first-order valence-corrected chi connectivity index (χ1v) is 18.5. The van der Waals surface area contributed by atoms with Crippen LogP contribution in [-0.4, -0.2) is 43.8 Å². The smallest absolute Gasteiger partial charge is 0.194 e. The summed E-state index contributed by atoms with van der Waals surface area (Å²) < 4.78 is 1.88. The molecule has 3 nitrogen and oxygen atoms in total. The van der Waals surface area contributed by atoms with Gasteiger partial charge in [-0.3, -0.25) is 4.79 Å². The molecule has 0 aliphatic rings. The van der Waals surface area contributed by atoms with Gasteiger partial charge in [0.1, 0.15) is 0 Å². The quantitative estimate of drug-likeness (QED) is 0.129. The molecule has 0 saturated heterocycles. The van der Waals surface area contributed by atoms with Gasteiger partial charge in [0.05, 0.1) is 10.0 Å². The second-order valence-corrected chi connectivity index (χ2v) is 15.5. The molecule has 0 N–H and O–H groups in total. The van der Waals surface area contributed by atoms with Crippen molar-refractivity contribution in [3.63, 3.8) is 0 Å². The summed E-state index contributed by atoms with van der Waals surface area (Å²) in [4.78, 5) is 19.2. The first kappa shape index (κ1) is 36.2. The van der Waals surface area contributed by atoms with Crippen LogP contribution in [-0.2, 0) is 13.1 Å². The van der Waals surface area contributed by atoms with Crippen LogP contribution in [0, 0.1) is 0 Å². The zero-order valence-electron chi connectivity index (χ0n) is 28.3. The zero-order chi connectivity index (χ0) is 35.5. The molecular weight excluding hydrogens is 791 g/mol. The van der Waals surface area contributed by atoms with Crippen LogP contribution in [0.4, 0.5) is 0 Å². The number of nitrogens with zero attached hydrogens (tertiary/aromatic N) is 2. The van der Waals surface area contributed by atoms with E-state index < -0.39 is 0 Å². The maximum Gasteiger partial charge on any atom is 0.194 e. The Labute approximate surface area is 321 Å². The van der Waals surface area contributed by atoms with E-state index in [0.29, 0.717) is 32.3 Å². The fourth-order valence-corrected chi connectivity index (χ4v) is 7.52. The summed E-state index contributed by atoms with van der Waals surface area (Å²) in [6.07, 6.45) is 0. The van der Waals surface area contributed by atoms with Crippen molar-refractivity contribution >= 4 is 60.8 Å². The molecule has 6 aromatic rings. The Morgan fingerprint density at radius 2 is 0.800 bits per heavy atom. The van der Waals surface area contributed by atoms with Crippen LogP contribution in [0.3, 0.4) is 0 Å². The summed E-state index contributed by atoms with van der Waals surface area (Å²) in [5.41, 5.74) is 10.1. The van der Waals surface area contributed by atoms with Crippen LogP contribution >= 0.6 is 55.1 Å². The first-order chi connectivity index (χ1) is 24.0. The van der Waals surface area contributed by atoms with Crippen molar-refractivity contribution in [2.75, 3.05) is 28.2 Å². The van der Waals surface area contributed by atoms with E-state index in [-0.39, 0.29) is 5.78 Å². The molecule has 6 aromatic carbocycles. The van der Waals surface area contributed by atoms with Gasteiger partial charge in [-0.1, -0.05) is 140 Å². The van der Waals surface area contributed by atoms with Gasteiger partial charge in [0, 0.05) is 55.4 Å². The maximum atomic E-state index is 14.9. The normalized spacial score (nSPS) is 11.4. The third kappa shape index (κ3) is 8.00. The summed E-state index contributed by atoms with van der Waals surface area (Å²) in [5.74, 6) is -0.162. The summed E-state index contributed by atoms with van der Waals surface area (Å²) in [5, 5.41) is 1.04. The summed E-state index contributed by atoms with van der Waals surface area (Å²) >= 11 is 21.8. The summed E-state index contributed by atoms with van der Waals surface area (Å²) in [7, 11) is 8.21. The Balaban J connectivity index is 1.51. The van der Waals surface area contributed by atoms with Gasteiger partial charge in [-0.05, 0) is 98.0 Å². The predicted molar refractivity (Wildman–Crippen MR) is 218 cm³/mol. The monoisotopic (exact) mass is 824 g/mol. The first-order valence-electron chi connectivity index (χ1n) is 16.2. The van der Waals surface area contributed by atoms with Crippen molar-refractivity contribution < 1.29 is 4.79 Å². The molecule has 0 aromatic heterocycles. The third-order valence-electron chi connectivity index (χ3n) is 8.57.